The number of methoxy groups -OCH3 is 1. The van der Waals surface area contributed by atoms with Crippen LogP contribution in [0.3, 0.4) is 0 Å². The Morgan fingerprint density at radius 3 is 2.69 bits per heavy atom. The quantitative estimate of drug-likeness (QED) is 0.434. The summed E-state index contributed by atoms with van der Waals surface area (Å²) in [6, 6.07) is 7.24. The van der Waals surface area contributed by atoms with Crippen molar-refractivity contribution in [1.82, 2.24) is 15.0 Å². The number of nitrogens with zero attached hydrogens (tertiary/aromatic N) is 3. The van der Waals surface area contributed by atoms with E-state index < -0.39 is 0 Å². The number of aryl methyl sites for hydroxylation is 1. The maximum absolute atomic E-state index is 14.6. The van der Waals surface area contributed by atoms with Crippen LogP contribution in [0.1, 0.15) is 31.2 Å². The predicted molar refractivity (Wildman–Crippen MR) is 112 cm³/mol. The highest BCUT2D eigenvalue weighted by atomic mass is 32.1. The van der Waals surface area contributed by atoms with Gasteiger partial charge in [-0.25, -0.2) is 19.3 Å². The standard InChI is InChI=1S/C22H20FN3O2S/c1-12-7-14(21-17(8-12)25-20(27-2)11-24-21)22-26-16-9-15(23)18(10-19(16)29-22)28-13-5-3-4-6-13/h7-11,13H,3-6H2,1-2H3. The zero-order valence-electron chi connectivity index (χ0n) is 16.2. The molecule has 5 nitrogen and oxygen atoms in total. The number of rotatable bonds is 4. The predicted octanol–water partition coefficient (Wildman–Crippen LogP) is 5.68. The molecule has 2 aromatic carbocycles. The first-order valence-electron chi connectivity index (χ1n) is 9.69. The minimum Gasteiger partial charge on any atom is -0.487 e. The molecular weight excluding hydrogens is 389 g/mol. The molecule has 2 heterocycles. The van der Waals surface area contributed by atoms with Crippen molar-refractivity contribution in [2.24, 2.45) is 0 Å². The second kappa shape index (κ2) is 7.22. The SMILES string of the molecule is COc1cnc2c(-c3nc4cc(F)c(OC5CCCC5)cc4s3)cc(C)cc2n1. The van der Waals surface area contributed by atoms with Crippen molar-refractivity contribution >= 4 is 32.6 Å². The topological polar surface area (TPSA) is 57.1 Å². The minimum atomic E-state index is -0.361. The molecule has 1 fully saturated rings. The van der Waals surface area contributed by atoms with Gasteiger partial charge in [0.2, 0.25) is 5.88 Å². The van der Waals surface area contributed by atoms with Gasteiger partial charge in [-0.05, 0) is 50.3 Å². The van der Waals surface area contributed by atoms with E-state index in [0.29, 0.717) is 17.1 Å². The molecule has 0 atom stereocenters. The summed E-state index contributed by atoms with van der Waals surface area (Å²) in [7, 11) is 1.57. The molecule has 7 heteroatoms. The normalized spacial score (nSPS) is 14.7. The zero-order chi connectivity index (χ0) is 20.0. The van der Waals surface area contributed by atoms with Gasteiger partial charge in [-0.1, -0.05) is 0 Å². The van der Waals surface area contributed by atoms with Crippen LogP contribution >= 0.6 is 11.3 Å². The van der Waals surface area contributed by atoms with Crippen LogP contribution in [0.2, 0.25) is 0 Å². The van der Waals surface area contributed by atoms with Crippen LogP contribution in [-0.4, -0.2) is 28.2 Å². The van der Waals surface area contributed by atoms with Crippen LogP contribution in [0.5, 0.6) is 11.6 Å². The molecule has 0 unspecified atom stereocenters. The first-order valence-corrected chi connectivity index (χ1v) is 10.5. The van der Waals surface area contributed by atoms with E-state index >= 15 is 0 Å². The highest BCUT2D eigenvalue weighted by molar-refractivity contribution is 7.21. The number of thiazole rings is 1. The summed E-state index contributed by atoms with van der Waals surface area (Å²) in [5.74, 6) is 0.423. The summed E-state index contributed by atoms with van der Waals surface area (Å²) in [5.41, 5.74) is 4.05. The summed E-state index contributed by atoms with van der Waals surface area (Å²) in [6.07, 6.45) is 5.98. The van der Waals surface area contributed by atoms with E-state index in [0.717, 1.165) is 57.6 Å². The van der Waals surface area contributed by atoms with Crippen molar-refractivity contribution in [3.05, 3.63) is 41.8 Å². The molecule has 1 aliphatic rings. The lowest BCUT2D eigenvalue weighted by molar-refractivity contribution is 0.201. The molecule has 1 saturated carbocycles. The molecule has 5 rings (SSSR count). The van der Waals surface area contributed by atoms with Crippen LogP contribution in [-0.2, 0) is 0 Å². The summed E-state index contributed by atoms with van der Waals surface area (Å²) >= 11 is 1.51. The average Bonchev–Trinajstić information content (AvgIpc) is 3.36. The Balaban J connectivity index is 1.60. The Morgan fingerprint density at radius 2 is 1.90 bits per heavy atom. The summed E-state index contributed by atoms with van der Waals surface area (Å²) in [5, 5.41) is 0.783. The van der Waals surface area contributed by atoms with Gasteiger partial charge in [-0.15, -0.1) is 11.3 Å². The fourth-order valence-corrected chi connectivity index (χ4v) is 4.82. The van der Waals surface area contributed by atoms with E-state index in [9.17, 15) is 4.39 Å². The fourth-order valence-electron chi connectivity index (χ4n) is 3.83. The highest BCUT2D eigenvalue weighted by Gasteiger charge is 2.20. The summed E-state index contributed by atoms with van der Waals surface area (Å²) in [4.78, 5) is 13.7. The van der Waals surface area contributed by atoms with Gasteiger partial charge < -0.3 is 9.47 Å². The molecule has 4 aromatic rings. The first-order chi connectivity index (χ1) is 14.1. The van der Waals surface area contributed by atoms with Crippen LogP contribution in [0.25, 0.3) is 31.8 Å². The van der Waals surface area contributed by atoms with Gasteiger partial charge in [0.15, 0.2) is 11.6 Å². The summed E-state index contributed by atoms with van der Waals surface area (Å²) < 4.78 is 26.6. The van der Waals surface area contributed by atoms with E-state index in [-0.39, 0.29) is 11.9 Å². The molecule has 0 N–H and O–H groups in total. The fraction of sp³-hybridized carbons (Fsp3) is 0.318. The Bertz CT molecular complexity index is 1220. The Morgan fingerprint density at radius 1 is 1.07 bits per heavy atom. The largest absolute Gasteiger partial charge is 0.487 e. The van der Waals surface area contributed by atoms with E-state index in [1.807, 2.05) is 19.1 Å². The highest BCUT2D eigenvalue weighted by Crippen LogP contribution is 2.37. The molecule has 0 bridgehead atoms. The van der Waals surface area contributed by atoms with Gasteiger partial charge in [0.1, 0.15) is 5.01 Å². The summed E-state index contributed by atoms with van der Waals surface area (Å²) in [6.45, 7) is 2.00. The number of aromatic nitrogens is 3. The van der Waals surface area contributed by atoms with Crippen LogP contribution < -0.4 is 9.47 Å². The monoisotopic (exact) mass is 409 g/mol. The number of hydrogen-bond acceptors (Lipinski definition) is 6. The number of fused-ring (bicyclic) bond motifs is 2. The van der Waals surface area contributed by atoms with Crippen molar-refractivity contribution in [3.63, 3.8) is 0 Å². The number of hydrogen-bond donors (Lipinski definition) is 0. The maximum Gasteiger partial charge on any atom is 0.232 e. The van der Waals surface area contributed by atoms with Crippen molar-refractivity contribution < 1.29 is 13.9 Å². The number of ether oxygens (including phenoxy) is 2. The zero-order valence-corrected chi connectivity index (χ0v) is 17.1. The van der Waals surface area contributed by atoms with E-state index in [4.69, 9.17) is 9.47 Å². The molecule has 29 heavy (non-hydrogen) atoms. The van der Waals surface area contributed by atoms with E-state index in [1.165, 1.54) is 17.4 Å². The lowest BCUT2D eigenvalue weighted by atomic mass is 10.1. The van der Waals surface area contributed by atoms with Gasteiger partial charge in [0.05, 0.1) is 40.7 Å². The van der Waals surface area contributed by atoms with Crippen molar-refractivity contribution in [1.29, 1.82) is 0 Å². The first kappa shape index (κ1) is 18.2. The molecule has 0 aliphatic heterocycles. The third kappa shape index (κ3) is 3.40. The van der Waals surface area contributed by atoms with E-state index in [1.54, 1.807) is 19.4 Å². The average molecular weight is 409 g/mol. The number of benzene rings is 2. The Labute approximate surface area is 171 Å². The van der Waals surface area contributed by atoms with Crippen molar-refractivity contribution in [2.45, 2.75) is 38.7 Å². The van der Waals surface area contributed by atoms with Crippen molar-refractivity contribution in [3.8, 4) is 22.2 Å². The third-order valence-corrected chi connectivity index (χ3v) is 6.30. The van der Waals surface area contributed by atoms with Crippen LogP contribution in [0, 0.1) is 12.7 Å². The second-order valence-electron chi connectivity index (χ2n) is 7.39. The van der Waals surface area contributed by atoms with Crippen LogP contribution in [0.4, 0.5) is 4.39 Å². The molecule has 0 saturated heterocycles. The molecular formula is C22H20FN3O2S. The molecule has 148 valence electrons. The second-order valence-corrected chi connectivity index (χ2v) is 8.42. The lowest BCUT2D eigenvalue weighted by Gasteiger charge is -2.13. The molecule has 2 aromatic heterocycles. The lowest BCUT2D eigenvalue weighted by Crippen LogP contribution is -2.11. The van der Waals surface area contributed by atoms with Gasteiger partial charge in [0.25, 0.3) is 0 Å². The smallest absolute Gasteiger partial charge is 0.232 e. The van der Waals surface area contributed by atoms with Crippen LogP contribution in [0.15, 0.2) is 30.5 Å². The van der Waals surface area contributed by atoms with Gasteiger partial charge in [0, 0.05) is 17.7 Å². The number of halogens is 1. The van der Waals surface area contributed by atoms with E-state index in [2.05, 4.69) is 15.0 Å². The molecule has 0 amide bonds. The third-order valence-electron chi connectivity index (χ3n) is 5.25. The maximum atomic E-state index is 14.6. The molecule has 0 spiro atoms. The molecule has 1 aliphatic carbocycles. The minimum absolute atomic E-state index is 0.111. The van der Waals surface area contributed by atoms with Gasteiger partial charge in [-0.3, -0.25) is 0 Å². The molecule has 0 radical (unpaired) electrons. The van der Waals surface area contributed by atoms with Gasteiger partial charge in [-0.2, -0.15) is 0 Å². The Kier molecular flexibility index (Phi) is 4.54. The van der Waals surface area contributed by atoms with Crippen molar-refractivity contribution in [2.75, 3.05) is 7.11 Å². The Hall–Kier alpha value is -2.80. The van der Waals surface area contributed by atoms with Gasteiger partial charge >= 0.3 is 0 Å².